The second kappa shape index (κ2) is 7.69. The van der Waals surface area contributed by atoms with Gasteiger partial charge in [0.05, 0.1) is 5.56 Å². The normalized spacial score (nSPS) is 32.2. The average molecular weight is 376 g/mol. The van der Waals surface area contributed by atoms with Gasteiger partial charge < -0.3 is 15.5 Å². The first-order valence-electron chi connectivity index (χ1n) is 9.99. The van der Waals surface area contributed by atoms with Crippen LogP contribution < -0.4 is 5.73 Å². The van der Waals surface area contributed by atoms with Gasteiger partial charge in [0.2, 0.25) is 5.91 Å². The standard InChI is InChI=1S/C20H29N3O2S/c21-18-14-3-1-4-15(18)12-17(11-14)20(25)23-7-2-6-22(8-9-23)19(24)16-5-10-26-13-16/h5,10,13-15,17-18H,1-4,6-9,11-12,21H2. The zero-order valence-electron chi connectivity index (χ0n) is 15.3. The lowest BCUT2D eigenvalue weighted by Gasteiger charge is -2.44. The van der Waals surface area contributed by atoms with Crippen molar-refractivity contribution in [2.45, 2.75) is 44.6 Å². The molecule has 1 aromatic rings. The van der Waals surface area contributed by atoms with Crippen LogP contribution in [0.1, 0.15) is 48.9 Å². The summed E-state index contributed by atoms with van der Waals surface area (Å²) in [5.41, 5.74) is 7.15. The fourth-order valence-electron chi connectivity index (χ4n) is 5.16. The minimum absolute atomic E-state index is 0.0960. The van der Waals surface area contributed by atoms with E-state index in [9.17, 15) is 9.59 Å². The van der Waals surface area contributed by atoms with Crippen LogP contribution in [0.4, 0.5) is 0 Å². The zero-order valence-corrected chi connectivity index (χ0v) is 16.1. The third-order valence-corrected chi connectivity index (χ3v) is 7.31. The van der Waals surface area contributed by atoms with Gasteiger partial charge in [0, 0.05) is 43.5 Å². The van der Waals surface area contributed by atoms with Crippen LogP contribution in [-0.2, 0) is 4.79 Å². The number of rotatable bonds is 2. The molecular formula is C20H29N3O2S. The zero-order chi connectivity index (χ0) is 18.1. The molecule has 2 atom stereocenters. The van der Waals surface area contributed by atoms with Crippen molar-refractivity contribution in [3.8, 4) is 0 Å². The van der Waals surface area contributed by atoms with E-state index >= 15 is 0 Å². The number of hydrogen-bond acceptors (Lipinski definition) is 4. The van der Waals surface area contributed by atoms with Gasteiger partial charge in [0.25, 0.3) is 5.91 Å². The molecule has 2 aliphatic carbocycles. The van der Waals surface area contributed by atoms with Crippen molar-refractivity contribution in [1.29, 1.82) is 0 Å². The number of nitrogens with two attached hydrogens (primary N) is 1. The molecule has 1 aliphatic heterocycles. The minimum atomic E-state index is 0.0960. The van der Waals surface area contributed by atoms with Crippen LogP contribution in [-0.4, -0.2) is 53.8 Å². The molecule has 142 valence electrons. The van der Waals surface area contributed by atoms with Crippen LogP contribution in [0.5, 0.6) is 0 Å². The summed E-state index contributed by atoms with van der Waals surface area (Å²) in [4.78, 5) is 29.6. The summed E-state index contributed by atoms with van der Waals surface area (Å²) in [5.74, 6) is 1.60. The number of amides is 2. The Hall–Kier alpha value is -1.40. The van der Waals surface area contributed by atoms with Crippen LogP contribution in [0.25, 0.3) is 0 Å². The average Bonchev–Trinajstić information content (AvgIpc) is 3.05. The van der Waals surface area contributed by atoms with E-state index in [1.807, 2.05) is 26.6 Å². The molecule has 0 spiro atoms. The monoisotopic (exact) mass is 375 g/mol. The van der Waals surface area contributed by atoms with Crippen LogP contribution in [0, 0.1) is 17.8 Å². The number of thiophene rings is 1. The lowest BCUT2D eigenvalue weighted by Crippen LogP contribution is -2.50. The van der Waals surface area contributed by atoms with E-state index in [1.54, 1.807) is 11.3 Å². The van der Waals surface area contributed by atoms with Gasteiger partial charge in [-0.2, -0.15) is 11.3 Å². The highest BCUT2D eigenvalue weighted by molar-refractivity contribution is 7.08. The maximum Gasteiger partial charge on any atom is 0.254 e. The smallest absolute Gasteiger partial charge is 0.254 e. The van der Waals surface area contributed by atoms with Crippen molar-refractivity contribution in [3.63, 3.8) is 0 Å². The molecule has 2 N–H and O–H groups in total. The molecule has 0 radical (unpaired) electrons. The third-order valence-electron chi connectivity index (χ3n) is 6.63. The lowest BCUT2D eigenvalue weighted by molar-refractivity contribution is -0.138. The summed E-state index contributed by atoms with van der Waals surface area (Å²) in [7, 11) is 0. The van der Waals surface area contributed by atoms with Crippen LogP contribution in [0.3, 0.4) is 0 Å². The van der Waals surface area contributed by atoms with E-state index in [2.05, 4.69) is 0 Å². The summed E-state index contributed by atoms with van der Waals surface area (Å²) in [6.07, 6.45) is 6.43. The van der Waals surface area contributed by atoms with Gasteiger partial charge in [0.1, 0.15) is 0 Å². The molecule has 0 aromatic carbocycles. The summed E-state index contributed by atoms with van der Waals surface area (Å²) in [6.45, 7) is 2.80. The Morgan fingerprint density at radius 1 is 1.00 bits per heavy atom. The number of carbonyl (C=O) groups excluding carboxylic acids is 2. The molecular weight excluding hydrogens is 346 g/mol. The van der Waals surface area contributed by atoms with Gasteiger partial charge in [-0.05, 0) is 55.4 Å². The highest BCUT2D eigenvalue weighted by Gasteiger charge is 2.41. The fraction of sp³-hybridized carbons (Fsp3) is 0.700. The molecule has 6 heteroatoms. The van der Waals surface area contributed by atoms with Crippen LogP contribution in [0.2, 0.25) is 0 Å². The minimum Gasteiger partial charge on any atom is -0.341 e. The Labute approximate surface area is 159 Å². The Bertz CT molecular complexity index is 633. The van der Waals surface area contributed by atoms with E-state index in [1.165, 1.54) is 19.3 Å². The first-order valence-corrected chi connectivity index (χ1v) is 10.9. The van der Waals surface area contributed by atoms with Gasteiger partial charge in [-0.3, -0.25) is 9.59 Å². The quantitative estimate of drug-likeness (QED) is 0.864. The Morgan fingerprint density at radius 2 is 1.69 bits per heavy atom. The van der Waals surface area contributed by atoms with E-state index < -0.39 is 0 Å². The molecule has 2 bridgehead atoms. The fourth-order valence-corrected chi connectivity index (χ4v) is 5.79. The molecule has 2 heterocycles. The second-order valence-electron chi connectivity index (χ2n) is 8.18. The lowest BCUT2D eigenvalue weighted by atomic mass is 9.65. The predicted molar refractivity (Wildman–Crippen MR) is 103 cm³/mol. The van der Waals surface area contributed by atoms with Gasteiger partial charge in [-0.1, -0.05) is 6.42 Å². The topological polar surface area (TPSA) is 66.6 Å². The SMILES string of the molecule is NC1C2CCCC1CC(C(=O)N1CCCN(C(=O)c3ccsc3)CC1)C2. The maximum absolute atomic E-state index is 13.1. The van der Waals surface area contributed by atoms with E-state index in [-0.39, 0.29) is 11.8 Å². The summed E-state index contributed by atoms with van der Waals surface area (Å²) in [5, 5.41) is 3.84. The molecule has 4 rings (SSSR count). The molecule has 3 fully saturated rings. The maximum atomic E-state index is 13.1. The molecule has 2 saturated carbocycles. The molecule has 1 saturated heterocycles. The molecule has 2 amide bonds. The van der Waals surface area contributed by atoms with Crippen LogP contribution in [0.15, 0.2) is 16.8 Å². The number of carbonyl (C=O) groups is 2. The first-order chi connectivity index (χ1) is 12.6. The molecule has 26 heavy (non-hydrogen) atoms. The Balaban J connectivity index is 1.36. The highest BCUT2D eigenvalue weighted by Crippen LogP contribution is 2.42. The molecule has 5 nitrogen and oxygen atoms in total. The van der Waals surface area contributed by atoms with Crippen molar-refractivity contribution in [1.82, 2.24) is 9.80 Å². The van der Waals surface area contributed by atoms with Crippen molar-refractivity contribution in [2.24, 2.45) is 23.5 Å². The largest absolute Gasteiger partial charge is 0.341 e. The summed E-state index contributed by atoms with van der Waals surface area (Å²) < 4.78 is 0. The van der Waals surface area contributed by atoms with Gasteiger partial charge in [0.15, 0.2) is 0 Å². The van der Waals surface area contributed by atoms with Crippen molar-refractivity contribution < 1.29 is 9.59 Å². The molecule has 3 aliphatic rings. The summed E-state index contributed by atoms with van der Waals surface area (Å²) >= 11 is 1.55. The number of nitrogens with zero attached hydrogens (tertiary/aromatic N) is 2. The van der Waals surface area contributed by atoms with E-state index in [0.29, 0.717) is 36.9 Å². The van der Waals surface area contributed by atoms with Gasteiger partial charge in [-0.15, -0.1) is 0 Å². The molecule has 2 unspecified atom stereocenters. The predicted octanol–water partition coefficient (Wildman–Crippen LogP) is 2.58. The van der Waals surface area contributed by atoms with Gasteiger partial charge >= 0.3 is 0 Å². The van der Waals surface area contributed by atoms with Crippen molar-refractivity contribution in [3.05, 3.63) is 22.4 Å². The third kappa shape index (κ3) is 3.54. The Kier molecular flexibility index (Phi) is 5.32. The van der Waals surface area contributed by atoms with Crippen molar-refractivity contribution in [2.75, 3.05) is 26.2 Å². The van der Waals surface area contributed by atoms with Crippen LogP contribution >= 0.6 is 11.3 Å². The van der Waals surface area contributed by atoms with Crippen molar-refractivity contribution >= 4 is 23.2 Å². The molecule has 1 aromatic heterocycles. The number of fused-ring (bicyclic) bond motifs is 2. The van der Waals surface area contributed by atoms with Gasteiger partial charge in [-0.25, -0.2) is 0 Å². The second-order valence-corrected chi connectivity index (χ2v) is 8.96. The summed E-state index contributed by atoms with van der Waals surface area (Å²) in [6, 6.07) is 2.18. The Morgan fingerprint density at radius 3 is 2.38 bits per heavy atom. The van der Waals surface area contributed by atoms with E-state index in [0.717, 1.165) is 37.9 Å². The highest BCUT2D eigenvalue weighted by atomic mass is 32.1. The number of hydrogen-bond donors (Lipinski definition) is 1. The van der Waals surface area contributed by atoms with E-state index in [4.69, 9.17) is 5.73 Å². The first kappa shape index (κ1) is 18.0.